The van der Waals surface area contributed by atoms with E-state index in [0.717, 1.165) is 0 Å². The Morgan fingerprint density at radius 2 is 1.02 bits per heavy atom. The Kier molecular flexibility index (Phi) is 9.17. The topological polar surface area (TPSA) is 178 Å². The highest BCUT2D eigenvalue weighted by Gasteiger charge is 2.26. The summed E-state index contributed by atoms with van der Waals surface area (Å²) in [6.45, 7) is 6.79. The number of aromatic carboxylic acids is 2. The zero-order chi connectivity index (χ0) is 32.6. The lowest BCUT2D eigenvalue weighted by molar-refractivity contribution is 0.0683. The number of rotatable bonds is 11. The van der Waals surface area contributed by atoms with Gasteiger partial charge in [0.2, 0.25) is 10.9 Å². The molecule has 4 rings (SSSR count). The number of carbonyl (C=O) groups is 2. The molecule has 0 aliphatic carbocycles. The van der Waals surface area contributed by atoms with Gasteiger partial charge in [-0.05, 0) is 24.0 Å². The highest BCUT2D eigenvalue weighted by atomic mass is 16.5. The number of carboxylic acids is 2. The lowest BCUT2D eigenvalue weighted by Crippen LogP contribution is -2.25. The van der Waals surface area contributed by atoms with E-state index in [1.54, 1.807) is 21.3 Å². The van der Waals surface area contributed by atoms with E-state index >= 15 is 0 Å². The molecule has 2 aromatic heterocycles. The fourth-order valence-corrected chi connectivity index (χ4v) is 5.61. The Hall–Kier alpha value is -4.68. The van der Waals surface area contributed by atoms with E-state index in [1.165, 1.54) is 38.7 Å². The lowest BCUT2D eigenvalue weighted by Gasteiger charge is -2.26. The predicted molar refractivity (Wildman–Crippen MR) is 164 cm³/mol. The first-order chi connectivity index (χ1) is 20.8. The maximum absolute atomic E-state index is 13.5. The van der Waals surface area contributed by atoms with Crippen LogP contribution < -0.4 is 20.3 Å². The zero-order valence-corrected chi connectivity index (χ0v) is 25.3. The molecule has 0 spiro atoms. The fourth-order valence-electron chi connectivity index (χ4n) is 5.61. The number of hydrogen-bond donors (Lipinski definition) is 4. The number of ether oxygens (including phenoxy) is 2. The minimum Gasteiger partial charge on any atom is -0.496 e. The maximum atomic E-state index is 13.5. The molecule has 2 heterocycles. The van der Waals surface area contributed by atoms with Gasteiger partial charge in [-0.2, -0.15) is 0 Å². The van der Waals surface area contributed by atoms with Crippen molar-refractivity contribution in [3.63, 3.8) is 0 Å². The van der Waals surface area contributed by atoms with Crippen LogP contribution in [0.3, 0.4) is 0 Å². The van der Waals surface area contributed by atoms with E-state index in [-0.39, 0.29) is 58.4 Å². The number of carboxylic acid groups (broad SMARTS) is 2. The van der Waals surface area contributed by atoms with Gasteiger partial charge in [-0.25, -0.2) is 9.59 Å². The van der Waals surface area contributed by atoms with Crippen LogP contribution in [-0.2, 0) is 0 Å². The van der Waals surface area contributed by atoms with Crippen LogP contribution in [0.4, 0.5) is 0 Å². The number of aromatic nitrogens is 2. The first kappa shape index (κ1) is 32.2. The largest absolute Gasteiger partial charge is 0.496 e. The number of methoxy groups -OCH3 is 2. The SMILES string of the molecule is COc1cc2c(cc1-c1cc3c(=O)c(C(=O)O)cn([C@H](CO)C(C)C)c3cc1OC)c(=O)c(C(=O)O)cn2[C@H](CO)C(C)C. The Morgan fingerprint density at radius 1 is 0.682 bits per heavy atom. The van der Waals surface area contributed by atoms with Crippen LogP contribution in [0.25, 0.3) is 32.9 Å². The van der Waals surface area contributed by atoms with Crippen molar-refractivity contribution < 1.29 is 39.5 Å². The van der Waals surface area contributed by atoms with E-state index in [4.69, 9.17) is 9.47 Å². The van der Waals surface area contributed by atoms with Crippen molar-refractivity contribution in [3.8, 4) is 22.6 Å². The monoisotopic (exact) mass is 608 g/mol. The van der Waals surface area contributed by atoms with Gasteiger partial charge < -0.3 is 39.0 Å². The summed E-state index contributed by atoms with van der Waals surface area (Å²) in [5.74, 6) is -2.63. The van der Waals surface area contributed by atoms with Crippen LogP contribution in [0.5, 0.6) is 11.5 Å². The molecule has 12 nitrogen and oxygen atoms in total. The molecule has 0 bridgehead atoms. The summed E-state index contributed by atoms with van der Waals surface area (Å²) < 4.78 is 14.5. The average Bonchev–Trinajstić information content (AvgIpc) is 2.98. The summed E-state index contributed by atoms with van der Waals surface area (Å²) >= 11 is 0. The number of aliphatic hydroxyl groups excluding tert-OH is 2. The van der Waals surface area contributed by atoms with Gasteiger partial charge in [-0.3, -0.25) is 9.59 Å². The van der Waals surface area contributed by atoms with E-state index in [1.807, 2.05) is 27.7 Å². The molecule has 0 aliphatic rings. The Morgan fingerprint density at radius 3 is 1.27 bits per heavy atom. The van der Waals surface area contributed by atoms with Crippen LogP contribution in [0.2, 0.25) is 0 Å². The third kappa shape index (κ3) is 5.42. The highest BCUT2D eigenvalue weighted by Crippen LogP contribution is 2.41. The van der Waals surface area contributed by atoms with E-state index in [9.17, 15) is 39.6 Å². The summed E-state index contributed by atoms with van der Waals surface area (Å²) in [7, 11) is 2.81. The standard InChI is InChI=1S/C32H36N2O10/c1-15(2)25(13-35)33-11-21(31(39)40)29(37)19-7-17(27(43-5)9-23(19)33)18-8-20-24(10-28(18)44-6)34(26(14-36)16(3)4)12-22(30(20)38)32(41)42/h7-12,15-16,25-26,35-36H,13-14H2,1-6H3,(H,39,40)(H,41,42)/t25-,26-/m1/s1. The first-order valence-electron chi connectivity index (χ1n) is 14.0. The van der Waals surface area contributed by atoms with Crippen molar-refractivity contribution >= 4 is 33.7 Å². The highest BCUT2D eigenvalue weighted by molar-refractivity contribution is 5.99. The van der Waals surface area contributed by atoms with E-state index in [0.29, 0.717) is 11.0 Å². The van der Waals surface area contributed by atoms with E-state index in [2.05, 4.69) is 0 Å². The lowest BCUT2D eigenvalue weighted by atomic mass is 9.96. The number of pyridine rings is 2. The zero-order valence-electron chi connectivity index (χ0n) is 25.3. The molecule has 0 fully saturated rings. The number of fused-ring (bicyclic) bond motifs is 2. The maximum Gasteiger partial charge on any atom is 0.341 e. The Bertz CT molecular complexity index is 1750. The molecule has 0 saturated heterocycles. The van der Waals surface area contributed by atoms with Gasteiger partial charge in [0.1, 0.15) is 22.6 Å². The van der Waals surface area contributed by atoms with Crippen molar-refractivity contribution in [1.29, 1.82) is 0 Å². The minimum absolute atomic E-state index is 0.0267. The molecule has 2 atom stereocenters. The summed E-state index contributed by atoms with van der Waals surface area (Å²) in [6, 6.07) is 4.88. The van der Waals surface area contributed by atoms with Gasteiger partial charge in [0.25, 0.3) is 0 Å². The van der Waals surface area contributed by atoms with Crippen molar-refractivity contribution in [2.24, 2.45) is 11.8 Å². The number of benzene rings is 2. The number of nitrogens with zero attached hydrogens (tertiary/aromatic N) is 2. The first-order valence-corrected chi connectivity index (χ1v) is 14.0. The quantitative estimate of drug-likeness (QED) is 0.196. The molecule has 0 amide bonds. The van der Waals surface area contributed by atoms with Gasteiger partial charge in [0.05, 0.1) is 50.6 Å². The third-order valence-corrected chi connectivity index (χ3v) is 8.09. The van der Waals surface area contributed by atoms with Crippen LogP contribution in [0.15, 0.2) is 46.2 Å². The Balaban J connectivity index is 2.19. The van der Waals surface area contributed by atoms with Crippen LogP contribution in [0.1, 0.15) is 60.5 Å². The van der Waals surface area contributed by atoms with Crippen LogP contribution in [-0.4, -0.2) is 68.9 Å². The van der Waals surface area contributed by atoms with Gasteiger partial charge in [-0.1, -0.05) is 27.7 Å². The van der Waals surface area contributed by atoms with Crippen LogP contribution in [0, 0.1) is 11.8 Å². The summed E-state index contributed by atoms with van der Waals surface area (Å²) in [6.07, 6.45) is 2.43. The van der Waals surface area contributed by atoms with Gasteiger partial charge >= 0.3 is 11.9 Å². The minimum atomic E-state index is -1.43. The molecular weight excluding hydrogens is 572 g/mol. The molecule has 12 heteroatoms. The molecule has 44 heavy (non-hydrogen) atoms. The molecule has 0 saturated carbocycles. The molecule has 4 aromatic rings. The Labute approximate surface area is 252 Å². The van der Waals surface area contributed by atoms with Gasteiger partial charge in [0.15, 0.2) is 0 Å². The number of hydrogen-bond acceptors (Lipinski definition) is 8. The molecule has 0 aliphatic heterocycles. The van der Waals surface area contributed by atoms with E-state index < -0.39 is 46.0 Å². The summed E-state index contributed by atoms with van der Waals surface area (Å²) in [5, 5.41) is 40.0. The van der Waals surface area contributed by atoms with Crippen molar-refractivity contribution in [2.75, 3.05) is 27.4 Å². The third-order valence-electron chi connectivity index (χ3n) is 8.09. The van der Waals surface area contributed by atoms with Gasteiger partial charge in [0, 0.05) is 46.4 Å². The molecule has 234 valence electrons. The summed E-state index contributed by atoms with van der Waals surface area (Å²) in [4.78, 5) is 51.1. The smallest absolute Gasteiger partial charge is 0.341 e. The molecule has 2 aromatic carbocycles. The second kappa shape index (κ2) is 12.5. The molecule has 0 unspecified atom stereocenters. The van der Waals surface area contributed by atoms with Gasteiger partial charge in [-0.15, -0.1) is 0 Å². The van der Waals surface area contributed by atoms with Crippen molar-refractivity contribution in [1.82, 2.24) is 9.13 Å². The van der Waals surface area contributed by atoms with Crippen molar-refractivity contribution in [3.05, 3.63) is 68.2 Å². The predicted octanol–water partition coefficient (Wildman–Crippen LogP) is 3.78. The molecular formula is C32H36N2O10. The normalized spacial score (nSPS) is 13.0. The fraction of sp³-hybridized carbons (Fsp3) is 0.375. The second-order valence-corrected chi connectivity index (χ2v) is 11.3. The number of aliphatic hydroxyl groups is 2. The van der Waals surface area contributed by atoms with Crippen LogP contribution >= 0.6 is 0 Å². The van der Waals surface area contributed by atoms with Crippen molar-refractivity contribution in [2.45, 2.75) is 39.8 Å². The molecule has 4 N–H and O–H groups in total. The average molecular weight is 609 g/mol. The molecule has 0 radical (unpaired) electrons. The summed E-state index contributed by atoms with van der Waals surface area (Å²) in [5.41, 5.74) is -1.28. The second-order valence-electron chi connectivity index (χ2n) is 11.3.